The van der Waals surface area contributed by atoms with Gasteiger partial charge in [0, 0.05) is 24.0 Å². The second-order valence-corrected chi connectivity index (χ2v) is 8.47. The molecule has 4 rings (SSSR count). The average molecular weight is 402 g/mol. The van der Waals surface area contributed by atoms with Crippen LogP contribution in [-0.2, 0) is 4.79 Å². The molecule has 1 saturated heterocycles. The van der Waals surface area contributed by atoms with Crippen LogP contribution in [0.5, 0.6) is 0 Å². The number of nitrogens with zero attached hydrogens (tertiary/aromatic N) is 3. The minimum Gasteiger partial charge on any atom is -0.337 e. The van der Waals surface area contributed by atoms with Gasteiger partial charge in [0.2, 0.25) is 0 Å². The molecule has 0 aliphatic carbocycles. The zero-order valence-electron chi connectivity index (χ0n) is 14.5. The number of hydrogen-bond acceptors (Lipinski definition) is 5. The lowest BCUT2D eigenvalue weighted by Crippen LogP contribution is -2.24. The normalized spacial score (nSPS) is 21.1. The summed E-state index contributed by atoms with van der Waals surface area (Å²) in [6.07, 6.45) is 0. The van der Waals surface area contributed by atoms with Crippen molar-refractivity contribution in [2.75, 3.05) is 19.0 Å². The Balaban J connectivity index is 1.70. The van der Waals surface area contributed by atoms with Gasteiger partial charge in [0.05, 0.1) is 16.4 Å². The Morgan fingerprint density at radius 1 is 1.04 bits per heavy atom. The summed E-state index contributed by atoms with van der Waals surface area (Å²) >= 11 is 9.22. The fourth-order valence-corrected chi connectivity index (χ4v) is 5.25. The fourth-order valence-electron chi connectivity index (χ4n) is 2.74. The maximum atomic E-state index is 12.8. The van der Waals surface area contributed by atoms with Crippen molar-refractivity contribution in [2.45, 2.75) is 11.8 Å². The number of para-hydroxylation sites is 1. The summed E-state index contributed by atoms with van der Waals surface area (Å²) < 4.78 is 0. The Morgan fingerprint density at radius 3 is 2.54 bits per heavy atom. The van der Waals surface area contributed by atoms with Gasteiger partial charge in [-0.3, -0.25) is 9.69 Å². The molecule has 0 saturated carbocycles. The van der Waals surface area contributed by atoms with E-state index in [2.05, 4.69) is 22.0 Å². The van der Waals surface area contributed by atoms with Gasteiger partial charge < -0.3 is 4.90 Å². The second kappa shape index (κ2) is 6.68. The Hall–Kier alpha value is -1.89. The van der Waals surface area contributed by atoms with Crippen LogP contribution in [0.1, 0.15) is 5.56 Å². The van der Waals surface area contributed by atoms with Gasteiger partial charge in [0.15, 0.2) is 5.17 Å². The molecule has 2 aliphatic rings. The maximum Gasteiger partial charge on any atom is 0.269 e. The first-order chi connectivity index (χ1) is 12.5. The lowest BCUT2D eigenvalue weighted by atomic mass is 10.2. The molecule has 1 amide bonds. The summed E-state index contributed by atoms with van der Waals surface area (Å²) in [5.74, 6) is -0.0332. The van der Waals surface area contributed by atoms with E-state index in [9.17, 15) is 4.79 Å². The highest BCUT2D eigenvalue weighted by Gasteiger charge is 2.37. The van der Waals surface area contributed by atoms with E-state index in [1.54, 1.807) is 23.7 Å². The highest BCUT2D eigenvalue weighted by molar-refractivity contribution is 8.19. The highest BCUT2D eigenvalue weighted by Crippen LogP contribution is 2.49. The van der Waals surface area contributed by atoms with E-state index in [1.807, 2.05) is 44.3 Å². The van der Waals surface area contributed by atoms with Crippen molar-refractivity contribution in [3.8, 4) is 0 Å². The number of hydrogen-bond donors (Lipinski definition) is 0. The Morgan fingerprint density at radius 2 is 1.81 bits per heavy atom. The van der Waals surface area contributed by atoms with Crippen molar-refractivity contribution in [1.82, 2.24) is 4.90 Å². The summed E-state index contributed by atoms with van der Waals surface area (Å²) in [4.78, 5) is 23.0. The third-order valence-corrected chi connectivity index (χ3v) is 7.18. The molecule has 0 unspecified atom stereocenters. The van der Waals surface area contributed by atoms with Crippen molar-refractivity contribution < 1.29 is 4.79 Å². The number of rotatable bonds is 1. The van der Waals surface area contributed by atoms with Crippen LogP contribution in [-0.4, -0.2) is 30.1 Å². The van der Waals surface area contributed by atoms with Gasteiger partial charge in [0.25, 0.3) is 5.91 Å². The van der Waals surface area contributed by atoms with Crippen LogP contribution >= 0.6 is 35.1 Å². The molecule has 2 aliphatic heterocycles. The molecule has 4 nitrogen and oxygen atoms in total. The van der Waals surface area contributed by atoms with E-state index in [0.29, 0.717) is 15.1 Å². The van der Waals surface area contributed by atoms with Crippen molar-refractivity contribution in [3.05, 3.63) is 63.0 Å². The smallest absolute Gasteiger partial charge is 0.269 e. The number of anilines is 1. The molecule has 0 N–H and O–H groups in total. The lowest BCUT2D eigenvalue weighted by molar-refractivity contribution is -0.121. The first-order valence-electron chi connectivity index (χ1n) is 8.01. The molecule has 2 aromatic rings. The van der Waals surface area contributed by atoms with Crippen LogP contribution in [0.2, 0.25) is 5.02 Å². The Labute approximate surface area is 165 Å². The van der Waals surface area contributed by atoms with Crippen molar-refractivity contribution >= 4 is 57.6 Å². The van der Waals surface area contributed by atoms with Gasteiger partial charge in [0.1, 0.15) is 4.91 Å². The number of amidine groups is 1. The molecule has 0 bridgehead atoms. The van der Waals surface area contributed by atoms with Crippen LogP contribution in [0.3, 0.4) is 0 Å². The molecule has 7 heteroatoms. The number of benzene rings is 2. The SMILES string of the molecule is Cc1ccc(N=C2SC(=C3Sc4ccccc4N3C)C(=O)N2C)cc1Cl. The van der Waals surface area contributed by atoms with Crippen LogP contribution in [0.4, 0.5) is 11.4 Å². The van der Waals surface area contributed by atoms with Crippen LogP contribution < -0.4 is 4.90 Å². The quantitative estimate of drug-likeness (QED) is 0.611. The lowest BCUT2D eigenvalue weighted by Gasteiger charge is -2.14. The van der Waals surface area contributed by atoms with Crippen LogP contribution in [0.25, 0.3) is 0 Å². The summed E-state index contributed by atoms with van der Waals surface area (Å²) in [7, 11) is 3.74. The minimum atomic E-state index is -0.0332. The van der Waals surface area contributed by atoms with Crippen LogP contribution in [0, 0.1) is 6.92 Å². The Bertz CT molecular complexity index is 986. The topological polar surface area (TPSA) is 35.9 Å². The number of carbonyl (C=O) groups excluding carboxylic acids is 1. The number of thioether (sulfide) groups is 2. The molecule has 0 radical (unpaired) electrons. The molecule has 1 fully saturated rings. The number of fused-ring (bicyclic) bond motifs is 1. The van der Waals surface area contributed by atoms with E-state index in [0.717, 1.165) is 26.9 Å². The van der Waals surface area contributed by atoms with E-state index >= 15 is 0 Å². The number of amides is 1. The molecular weight excluding hydrogens is 386 g/mol. The van der Waals surface area contributed by atoms with Gasteiger partial charge >= 0.3 is 0 Å². The van der Waals surface area contributed by atoms with Gasteiger partial charge in [-0.05, 0) is 48.5 Å². The van der Waals surface area contributed by atoms with E-state index in [4.69, 9.17) is 11.6 Å². The number of carbonyl (C=O) groups is 1. The summed E-state index contributed by atoms with van der Waals surface area (Å²) in [6, 6.07) is 13.8. The molecule has 0 atom stereocenters. The highest BCUT2D eigenvalue weighted by atomic mass is 35.5. The molecule has 132 valence electrons. The van der Waals surface area contributed by atoms with E-state index in [1.165, 1.54) is 11.8 Å². The molecular formula is C19H16ClN3OS2. The zero-order valence-corrected chi connectivity index (χ0v) is 16.9. The van der Waals surface area contributed by atoms with E-state index in [-0.39, 0.29) is 5.91 Å². The summed E-state index contributed by atoms with van der Waals surface area (Å²) in [5.41, 5.74) is 2.86. The van der Waals surface area contributed by atoms with E-state index < -0.39 is 0 Å². The fraction of sp³-hybridized carbons (Fsp3) is 0.158. The average Bonchev–Trinajstić information content (AvgIpc) is 3.10. The third kappa shape index (κ3) is 2.92. The number of aliphatic imine (C=N–C) groups is 1. The minimum absolute atomic E-state index is 0.0332. The summed E-state index contributed by atoms with van der Waals surface area (Å²) in [6.45, 7) is 1.95. The molecule has 2 heterocycles. The molecule has 0 spiro atoms. The number of aryl methyl sites for hydroxylation is 1. The van der Waals surface area contributed by atoms with Gasteiger partial charge in [-0.2, -0.15) is 0 Å². The molecule has 26 heavy (non-hydrogen) atoms. The molecule has 2 aromatic carbocycles. The Kier molecular flexibility index (Phi) is 4.50. The van der Waals surface area contributed by atoms with Crippen molar-refractivity contribution in [2.24, 2.45) is 4.99 Å². The second-order valence-electron chi connectivity index (χ2n) is 6.06. The first-order valence-corrected chi connectivity index (χ1v) is 10.0. The number of likely N-dealkylation sites (N-methyl/N-ethyl adjacent to an activating group) is 1. The maximum absolute atomic E-state index is 12.8. The van der Waals surface area contributed by atoms with Crippen molar-refractivity contribution in [3.63, 3.8) is 0 Å². The van der Waals surface area contributed by atoms with Crippen LogP contribution in [0.15, 0.2) is 62.3 Å². The zero-order chi connectivity index (χ0) is 18.4. The predicted octanol–water partition coefficient (Wildman–Crippen LogP) is 5.25. The first kappa shape index (κ1) is 17.5. The standard InChI is InChI=1S/C19H16ClN3OS2/c1-11-8-9-12(10-13(11)20)21-19-23(3)17(24)16(26-19)18-22(2)14-6-4-5-7-15(14)25-18/h4-10H,1-3H3. The monoisotopic (exact) mass is 401 g/mol. The summed E-state index contributed by atoms with van der Waals surface area (Å²) in [5, 5.41) is 2.27. The van der Waals surface area contributed by atoms with Crippen molar-refractivity contribution in [1.29, 1.82) is 0 Å². The van der Waals surface area contributed by atoms with Gasteiger partial charge in [-0.25, -0.2) is 4.99 Å². The predicted molar refractivity (Wildman–Crippen MR) is 111 cm³/mol. The number of halogens is 1. The molecule has 0 aromatic heterocycles. The third-order valence-electron chi connectivity index (χ3n) is 4.29. The largest absolute Gasteiger partial charge is 0.337 e. The van der Waals surface area contributed by atoms with Gasteiger partial charge in [-0.1, -0.05) is 41.6 Å². The van der Waals surface area contributed by atoms with Gasteiger partial charge in [-0.15, -0.1) is 0 Å².